The van der Waals surface area contributed by atoms with Crippen molar-refractivity contribution in [2.24, 2.45) is 0 Å². The summed E-state index contributed by atoms with van der Waals surface area (Å²) in [5.74, 6) is 1.39. The second kappa shape index (κ2) is 5.41. The Morgan fingerprint density at radius 1 is 1.19 bits per heavy atom. The van der Waals surface area contributed by atoms with Crippen LogP contribution in [0.15, 0.2) is 42.5 Å². The van der Waals surface area contributed by atoms with E-state index in [-0.39, 0.29) is 0 Å². The number of hydrogen-bond donors (Lipinski definition) is 1. The van der Waals surface area contributed by atoms with E-state index in [2.05, 4.69) is 24.5 Å². The molecule has 21 heavy (non-hydrogen) atoms. The number of hydrogen-bond acceptors (Lipinski definition) is 2. The fraction of sp³-hybridized carbons (Fsp3) is 0.235. The highest BCUT2D eigenvalue weighted by Gasteiger charge is 2.15. The Hall–Kier alpha value is -2.00. The van der Waals surface area contributed by atoms with Crippen molar-refractivity contribution < 1.29 is 0 Å². The summed E-state index contributed by atoms with van der Waals surface area (Å²) >= 11 is 6.30. The van der Waals surface area contributed by atoms with Gasteiger partial charge in [0.05, 0.1) is 17.6 Å². The Labute approximate surface area is 129 Å². The zero-order chi connectivity index (χ0) is 15.0. The molecule has 2 N–H and O–H groups in total. The summed E-state index contributed by atoms with van der Waals surface area (Å²) in [5.41, 5.74) is 9.72. The summed E-state index contributed by atoms with van der Waals surface area (Å²) in [6.07, 6.45) is 0. The molecule has 0 unspecified atom stereocenters. The zero-order valence-corrected chi connectivity index (χ0v) is 12.9. The third-order valence-electron chi connectivity index (χ3n) is 3.60. The van der Waals surface area contributed by atoms with Crippen LogP contribution in [0.1, 0.15) is 31.2 Å². The van der Waals surface area contributed by atoms with Crippen LogP contribution in [0.2, 0.25) is 5.02 Å². The third-order valence-corrected chi connectivity index (χ3v) is 3.97. The molecule has 0 bridgehead atoms. The molecule has 0 atom stereocenters. The number of nitrogen functional groups attached to an aromatic ring is 1. The topological polar surface area (TPSA) is 43.8 Å². The Morgan fingerprint density at radius 3 is 2.67 bits per heavy atom. The molecular formula is C17H18ClN3. The average molecular weight is 300 g/mol. The molecule has 0 fully saturated rings. The van der Waals surface area contributed by atoms with Crippen molar-refractivity contribution in [2.45, 2.75) is 26.3 Å². The van der Waals surface area contributed by atoms with E-state index < -0.39 is 0 Å². The summed E-state index contributed by atoms with van der Waals surface area (Å²) < 4.78 is 2.22. The summed E-state index contributed by atoms with van der Waals surface area (Å²) in [6.45, 7) is 5.01. The molecule has 0 aliphatic heterocycles. The number of fused-ring (bicyclic) bond motifs is 1. The first-order chi connectivity index (χ1) is 10.1. The minimum Gasteiger partial charge on any atom is -0.399 e. The van der Waals surface area contributed by atoms with E-state index in [1.54, 1.807) is 0 Å². The summed E-state index contributed by atoms with van der Waals surface area (Å²) in [5, 5.41) is 0.782. The van der Waals surface area contributed by atoms with Gasteiger partial charge in [-0.15, -0.1) is 0 Å². The van der Waals surface area contributed by atoms with Gasteiger partial charge in [0.1, 0.15) is 5.82 Å². The second-order valence-electron chi connectivity index (χ2n) is 5.55. The van der Waals surface area contributed by atoms with E-state index in [0.29, 0.717) is 12.5 Å². The second-order valence-corrected chi connectivity index (χ2v) is 5.96. The summed E-state index contributed by atoms with van der Waals surface area (Å²) in [6, 6.07) is 13.8. The first-order valence-corrected chi connectivity index (χ1v) is 7.43. The number of halogens is 1. The van der Waals surface area contributed by atoms with Gasteiger partial charge in [-0.2, -0.15) is 0 Å². The molecule has 0 saturated heterocycles. The van der Waals surface area contributed by atoms with Gasteiger partial charge in [0.2, 0.25) is 0 Å². The molecule has 3 aromatic rings. The molecule has 1 aromatic heterocycles. The van der Waals surface area contributed by atoms with Gasteiger partial charge >= 0.3 is 0 Å². The van der Waals surface area contributed by atoms with Crippen LogP contribution in [0.3, 0.4) is 0 Å². The Bertz CT molecular complexity index is 790. The van der Waals surface area contributed by atoms with Crippen LogP contribution in [-0.2, 0) is 6.54 Å². The molecule has 0 aliphatic carbocycles. The lowest BCUT2D eigenvalue weighted by Crippen LogP contribution is -2.07. The first-order valence-electron chi connectivity index (χ1n) is 7.05. The molecule has 0 saturated carbocycles. The Kier molecular flexibility index (Phi) is 3.60. The number of nitrogens with zero attached hydrogens (tertiary/aromatic N) is 2. The Balaban J connectivity index is 2.16. The van der Waals surface area contributed by atoms with Crippen molar-refractivity contribution in [2.75, 3.05) is 5.73 Å². The molecule has 108 valence electrons. The van der Waals surface area contributed by atoms with E-state index in [1.807, 2.05) is 36.4 Å². The van der Waals surface area contributed by atoms with Gasteiger partial charge in [-0.1, -0.05) is 43.6 Å². The van der Waals surface area contributed by atoms with Gasteiger partial charge in [-0.3, -0.25) is 0 Å². The van der Waals surface area contributed by atoms with Crippen LogP contribution in [0.25, 0.3) is 11.0 Å². The third kappa shape index (κ3) is 2.61. The monoisotopic (exact) mass is 299 g/mol. The fourth-order valence-corrected chi connectivity index (χ4v) is 2.76. The maximum absolute atomic E-state index is 6.30. The molecule has 0 aliphatic rings. The number of nitrogens with two attached hydrogens (primary N) is 1. The molecule has 3 rings (SSSR count). The summed E-state index contributed by atoms with van der Waals surface area (Å²) in [4.78, 5) is 4.74. The van der Waals surface area contributed by atoms with Gasteiger partial charge in [0.25, 0.3) is 0 Å². The lowest BCUT2D eigenvalue weighted by atomic mass is 10.2. The van der Waals surface area contributed by atoms with Crippen molar-refractivity contribution in [1.29, 1.82) is 0 Å². The maximum Gasteiger partial charge on any atom is 0.112 e. The lowest BCUT2D eigenvalue weighted by molar-refractivity contribution is 0.683. The molecular weight excluding hydrogens is 282 g/mol. The van der Waals surface area contributed by atoms with Crippen molar-refractivity contribution in [3.8, 4) is 0 Å². The van der Waals surface area contributed by atoms with Gasteiger partial charge in [0.15, 0.2) is 0 Å². The van der Waals surface area contributed by atoms with Gasteiger partial charge in [-0.25, -0.2) is 4.98 Å². The van der Waals surface area contributed by atoms with Crippen LogP contribution in [0.4, 0.5) is 5.69 Å². The van der Waals surface area contributed by atoms with E-state index in [4.69, 9.17) is 22.3 Å². The maximum atomic E-state index is 6.30. The fourth-order valence-electron chi connectivity index (χ4n) is 2.57. The highest BCUT2D eigenvalue weighted by atomic mass is 35.5. The minimum atomic E-state index is 0.334. The van der Waals surface area contributed by atoms with E-state index >= 15 is 0 Å². The van der Waals surface area contributed by atoms with E-state index in [9.17, 15) is 0 Å². The molecule has 4 heteroatoms. The predicted octanol–water partition coefficient (Wildman–Crippen LogP) is 4.44. The van der Waals surface area contributed by atoms with Crippen molar-refractivity contribution in [1.82, 2.24) is 9.55 Å². The van der Waals surface area contributed by atoms with E-state index in [0.717, 1.165) is 33.1 Å². The number of anilines is 1. The zero-order valence-electron chi connectivity index (χ0n) is 12.2. The number of imidazole rings is 1. The molecule has 3 nitrogen and oxygen atoms in total. The van der Waals surface area contributed by atoms with Crippen LogP contribution >= 0.6 is 11.6 Å². The predicted molar refractivity (Wildman–Crippen MR) is 88.8 cm³/mol. The Morgan fingerprint density at radius 2 is 1.95 bits per heavy atom. The van der Waals surface area contributed by atoms with Crippen LogP contribution in [0, 0.1) is 0 Å². The minimum absolute atomic E-state index is 0.334. The number of benzene rings is 2. The SMILES string of the molecule is CC(C)c1nc2cc(N)ccc2n1Cc1ccccc1Cl. The van der Waals surface area contributed by atoms with Gasteiger partial charge < -0.3 is 10.3 Å². The van der Waals surface area contributed by atoms with Crippen LogP contribution in [-0.4, -0.2) is 9.55 Å². The normalized spacial score (nSPS) is 11.4. The van der Waals surface area contributed by atoms with Crippen molar-refractivity contribution in [3.63, 3.8) is 0 Å². The quantitative estimate of drug-likeness (QED) is 0.726. The van der Waals surface area contributed by atoms with Crippen LogP contribution < -0.4 is 5.73 Å². The molecule has 0 amide bonds. The van der Waals surface area contributed by atoms with Gasteiger partial charge in [0, 0.05) is 16.6 Å². The molecule has 1 heterocycles. The first kappa shape index (κ1) is 14.0. The molecule has 0 spiro atoms. The molecule has 0 radical (unpaired) electrons. The smallest absolute Gasteiger partial charge is 0.112 e. The number of aromatic nitrogens is 2. The van der Waals surface area contributed by atoms with E-state index in [1.165, 1.54) is 0 Å². The van der Waals surface area contributed by atoms with Crippen LogP contribution in [0.5, 0.6) is 0 Å². The van der Waals surface area contributed by atoms with Crippen molar-refractivity contribution in [3.05, 3.63) is 58.9 Å². The highest BCUT2D eigenvalue weighted by molar-refractivity contribution is 6.31. The average Bonchev–Trinajstić information content (AvgIpc) is 2.79. The van der Waals surface area contributed by atoms with Crippen molar-refractivity contribution >= 4 is 28.3 Å². The largest absolute Gasteiger partial charge is 0.399 e. The highest BCUT2D eigenvalue weighted by Crippen LogP contribution is 2.26. The molecule has 2 aromatic carbocycles. The standard InChI is InChI=1S/C17H18ClN3/c1-11(2)17-20-15-9-13(19)7-8-16(15)21(17)10-12-5-3-4-6-14(12)18/h3-9,11H,10,19H2,1-2H3. The summed E-state index contributed by atoms with van der Waals surface area (Å²) in [7, 11) is 0. The van der Waals surface area contributed by atoms with Gasteiger partial charge in [-0.05, 0) is 29.8 Å². The number of rotatable bonds is 3. The lowest BCUT2D eigenvalue weighted by Gasteiger charge is -2.12.